The Kier molecular flexibility index (Phi) is 5.17. The summed E-state index contributed by atoms with van der Waals surface area (Å²) in [6.07, 6.45) is 3.25. The van der Waals surface area contributed by atoms with Crippen LogP contribution in [0.3, 0.4) is 0 Å². The van der Waals surface area contributed by atoms with Gasteiger partial charge in [0.2, 0.25) is 0 Å². The van der Waals surface area contributed by atoms with Crippen molar-refractivity contribution in [2.24, 2.45) is 0 Å². The second-order valence-electron chi connectivity index (χ2n) is 5.38. The van der Waals surface area contributed by atoms with Gasteiger partial charge in [0.05, 0.1) is 22.3 Å². The van der Waals surface area contributed by atoms with E-state index in [1.54, 1.807) is 18.4 Å². The molecule has 2 aromatic heterocycles. The molecule has 0 N–H and O–H groups in total. The lowest BCUT2D eigenvalue weighted by atomic mass is 10.2. The van der Waals surface area contributed by atoms with Crippen LogP contribution in [0.1, 0.15) is 11.3 Å². The lowest BCUT2D eigenvalue weighted by Gasteiger charge is -2.08. The van der Waals surface area contributed by atoms with Gasteiger partial charge in [-0.25, -0.2) is 4.39 Å². The number of aryl methyl sites for hydroxylation is 1. The molecule has 7 nitrogen and oxygen atoms in total. The molecular weight excluding hydrogens is 359 g/mol. The van der Waals surface area contributed by atoms with E-state index in [1.807, 2.05) is 11.5 Å². The van der Waals surface area contributed by atoms with Crippen molar-refractivity contribution >= 4 is 17.4 Å². The van der Waals surface area contributed by atoms with Crippen LogP contribution in [0.25, 0.3) is 11.4 Å². The predicted molar refractivity (Wildman–Crippen MR) is 95.3 cm³/mol. The summed E-state index contributed by atoms with van der Waals surface area (Å²) in [5, 5.41) is 20.0. The molecule has 0 aliphatic carbocycles. The van der Waals surface area contributed by atoms with Gasteiger partial charge < -0.3 is 4.42 Å². The zero-order chi connectivity index (χ0) is 18.7. The smallest absolute Gasteiger partial charge is 0.276 e. The molecule has 1 aromatic carbocycles. The molecule has 2 heterocycles. The third-order valence-electron chi connectivity index (χ3n) is 3.76. The van der Waals surface area contributed by atoms with Crippen LogP contribution in [0.2, 0.25) is 0 Å². The van der Waals surface area contributed by atoms with E-state index in [0.29, 0.717) is 23.3 Å². The standard InChI is InChI=1S/C17H15FN4O3S/c1-3-8-21-16(12-7-9-25-11(12)2)19-20-17(21)26-10-13-14(18)5-4-6-15(13)22(23)24/h3-7,9H,1,8,10H2,2H3. The van der Waals surface area contributed by atoms with Crippen molar-refractivity contribution < 1.29 is 13.7 Å². The SMILES string of the molecule is C=CCn1c(SCc2c(F)cccc2[N+](=O)[O-])nnc1-c1ccoc1C. The Morgan fingerprint density at radius 3 is 2.88 bits per heavy atom. The Bertz CT molecular complexity index is 967. The molecule has 0 aliphatic rings. The maximum absolute atomic E-state index is 14.1. The highest BCUT2D eigenvalue weighted by Crippen LogP contribution is 2.31. The number of allylic oxidation sites excluding steroid dienone is 1. The van der Waals surface area contributed by atoms with E-state index < -0.39 is 10.7 Å². The van der Waals surface area contributed by atoms with Crippen molar-refractivity contribution in [3.8, 4) is 11.4 Å². The summed E-state index contributed by atoms with van der Waals surface area (Å²) in [5.41, 5.74) is 0.568. The summed E-state index contributed by atoms with van der Waals surface area (Å²) in [7, 11) is 0. The molecule has 134 valence electrons. The van der Waals surface area contributed by atoms with E-state index >= 15 is 0 Å². The second kappa shape index (κ2) is 7.52. The molecule has 0 bridgehead atoms. The molecule has 3 aromatic rings. The Labute approximate surface area is 152 Å². The summed E-state index contributed by atoms with van der Waals surface area (Å²) < 4.78 is 21.2. The average Bonchev–Trinajstić information content (AvgIpc) is 3.20. The first-order valence-corrected chi connectivity index (χ1v) is 8.64. The highest BCUT2D eigenvalue weighted by atomic mass is 32.2. The van der Waals surface area contributed by atoms with E-state index in [0.717, 1.165) is 5.56 Å². The fraction of sp³-hybridized carbons (Fsp3) is 0.176. The van der Waals surface area contributed by atoms with Gasteiger partial charge in [0.15, 0.2) is 11.0 Å². The molecular formula is C17H15FN4O3S. The quantitative estimate of drug-likeness (QED) is 0.264. The predicted octanol–water partition coefficient (Wildman–Crippen LogP) is 4.37. The molecule has 0 saturated carbocycles. The number of nitrogens with zero attached hydrogens (tertiary/aromatic N) is 4. The first-order chi connectivity index (χ1) is 12.5. The molecule has 0 unspecified atom stereocenters. The number of thioether (sulfide) groups is 1. The van der Waals surface area contributed by atoms with E-state index in [1.165, 1.54) is 30.0 Å². The molecule has 0 radical (unpaired) electrons. The number of nitro groups is 1. The molecule has 0 aliphatic heterocycles. The summed E-state index contributed by atoms with van der Waals surface area (Å²) >= 11 is 1.18. The number of furan rings is 1. The van der Waals surface area contributed by atoms with Crippen molar-refractivity contribution in [1.82, 2.24) is 14.8 Å². The summed E-state index contributed by atoms with van der Waals surface area (Å²) in [5.74, 6) is 0.737. The molecule has 0 spiro atoms. The van der Waals surface area contributed by atoms with E-state index in [-0.39, 0.29) is 17.0 Å². The lowest BCUT2D eigenvalue weighted by molar-refractivity contribution is -0.385. The van der Waals surface area contributed by atoms with Crippen LogP contribution < -0.4 is 0 Å². The van der Waals surface area contributed by atoms with Crippen molar-refractivity contribution in [3.05, 3.63) is 70.4 Å². The van der Waals surface area contributed by atoms with Crippen molar-refractivity contribution in [3.63, 3.8) is 0 Å². The van der Waals surface area contributed by atoms with Gasteiger partial charge in [-0.3, -0.25) is 14.7 Å². The zero-order valence-corrected chi connectivity index (χ0v) is 14.7. The highest BCUT2D eigenvalue weighted by molar-refractivity contribution is 7.98. The minimum Gasteiger partial charge on any atom is -0.469 e. The molecule has 3 rings (SSSR count). The fourth-order valence-corrected chi connectivity index (χ4v) is 3.48. The third kappa shape index (κ3) is 3.38. The van der Waals surface area contributed by atoms with Gasteiger partial charge >= 0.3 is 0 Å². The van der Waals surface area contributed by atoms with Gasteiger partial charge in [-0.2, -0.15) is 0 Å². The minimum atomic E-state index is -0.618. The number of aromatic nitrogens is 3. The van der Waals surface area contributed by atoms with Gasteiger partial charge in [0.1, 0.15) is 11.6 Å². The largest absolute Gasteiger partial charge is 0.469 e. The average molecular weight is 374 g/mol. The molecule has 0 saturated heterocycles. The number of rotatable bonds is 7. The number of hydrogen-bond donors (Lipinski definition) is 0. The molecule has 0 fully saturated rings. The molecule has 26 heavy (non-hydrogen) atoms. The molecule has 0 amide bonds. The number of hydrogen-bond acceptors (Lipinski definition) is 6. The van der Waals surface area contributed by atoms with E-state index in [9.17, 15) is 14.5 Å². The summed E-state index contributed by atoms with van der Waals surface area (Å²) in [6.45, 7) is 5.99. The topological polar surface area (TPSA) is 87.0 Å². The minimum absolute atomic E-state index is 0.0247. The summed E-state index contributed by atoms with van der Waals surface area (Å²) in [4.78, 5) is 10.5. The third-order valence-corrected chi connectivity index (χ3v) is 4.76. The molecule has 0 atom stereocenters. The van der Waals surface area contributed by atoms with Gasteiger partial charge in [0.25, 0.3) is 5.69 Å². The maximum atomic E-state index is 14.1. The van der Waals surface area contributed by atoms with Crippen molar-refractivity contribution in [1.29, 1.82) is 0 Å². The van der Waals surface area contributed by atoms with Crippen LogP contribution in [0.15, 0.2) is 52.8 Å². The van der Waals surface area contributed by atoms with Crippen molar-refractivity contribution in [2.75, 3.05) is 0 Å². The van der Waals surface area contributed by atoms with Gasteiger partial charge in [-0.1, -0.05) is 23.9 Å². The number of halogens is 1. The van der Waals surface area contributed by atoms with Gasteiger partial charge in [-0.05, 0) is 19.1 Å². The second-order valence-corrected chi connectivity index (χ2v) is 6.32. The number of nitro benzene ring substituents is 1. The van der Waals surface area contributed by atoms with Crippen LogP contribution in [-0.2, 0) is 12.3 Å². The lowest BCUT2D eigenvalue weighted by Crippen LogP contribution is -2.02. The Hall–Kier alpha value is -2.94. The Morgan fingerprint density at radius 2 is 2.23 bits per heavy atom. The van der Waals surface area contributed by atoms with Gasteiger partial charge in [0, 0.05) is 18.4 Å². The van der Waals surface area contributed by atoms with Crippen LogP contribution in [0.4, 0.5) is 10.1 Å². The zero-order valence-electron chi connectivity index (χ0n) is 13.9. The van der Waals surface area contributed by atoms with Crippen LogP contribution in [0.5, 0.6) is 0 Å². The van der Waals surface area contributed by atoms with Gasteiger partial charge in [-0.15, -0.1) is 16.8 Å². The van der Waals surface area contributed by atoms with E-state index in [2.05, 4.69) is 16.8 Å². The first-order valence-electron chi connectivity index (χ1n) is 7.66. The van der Waals surface area contributed by atoms with Crippen molar-refractivity contribution in [2.45, 2.75) is 24.4 Å². The number of benzene rings is 1. The molecule has 9 heteroatoms. The van der Waals surface area contributed by atoms with Crippen LogP contribution >= 0.6 is 11.8 Å². The Balaban J connectivity index is 1.92. The normalized spacial score (nSPS) is 10.8. The Morgan fingerprint density at radius 1 is 1.42 bits per heavy atom. The first kappa shape index (κ1) is 17.9. The summed E-state index contributed by atoms with van der Waals surface area (Å²) in [6, 6.07) is 5.60. The maximum Gasteiger partial charge on any atom is 0.276 e. The van der Waals surface area contributed by atoms with Crippen LogP contribution in [-0.4, -0.2) is 19.7 Å². The highest BCUT2D eigenvalue weighted by Gasteiger charge is 2.21. The van der Waals surface area contributed by atoms with Crippen LogP contribution in [0, 0.1) is 22.9 Å². The fourth-order valence-electron chi connectivity index (χ4n) is 2.50. The monoisotopic (exact) mass is 374 g/mol. The van der Waals surface area contributed by atoms with E-state index in [4.69, 9.17) is 4.42 Å².